The molecule has 1 fully saturated rings. The molecule has 1 saturated carbocycles. The molecule has 1 aliphatic carbocycles. The summed E-state index contributed by atoms with van der Waals surface area (Å²) >= 11 is 0. The van der Waals surface area contributed by atoms with Gasteiger partial charge in [-0.3, -0.25) is 4.79 Å². The van der Waals surface area contributed by atoms with E-state index < -0.39 is 5.41 Å². The van der Waals surface area contributed by atoms with Crippen LogP contribution in [0.2, 0.25) is 0 Å². The van der Waals surface area contributed by atoms with E-state index in [9.17, 15) is 4.79 Å². The van der Waals surface area contributed by atoms with Crippen molar-refractivity contribution in [3.63, 3.8) is 0 Å². The summed E-state index contributed by atoms with van der Waals surface area (Å²) < 4.78 is 0. The van der Waals surface area contributed by atoms with Gasteiger partial charge in [0.15, 0.2) is 0 Å². The predicted octanol–water partition coefficient (Wildman–Crippen LogP) is 1.67. The molecule has 5 nitrogen and oxygen atoms in total. The van der Waals surface area contributed by atoms with Crippen LogP contribution in [0, 0.1) is 16.7 Å². The maximum absolute atomic E-state index is 12.1. The zero-order valence-corrected chi connectivity index (χ0v) is 9.86. The third-order valence-corrected chi connectivity index (χ3v) is 3.42. The topological polar surface area (TPSA) is 81.6 Å². The Kier molecular flexibility index (Phi) is 3.14. The smallest absolute Gasteiger partial charge is 0.241 e. The number of carbonyl (C=O) groups is 1. The van der Waals surface area contributed by atoms with Crippen LogP contribution in [0.4, 0.5) is 0 Å². The normalized spacial score (nSPS) is 18.8. The number of rotatable bonds is 4. The summed E-state index contributed by atoms with van der Waals surface area (Å²) in [6, 6.07) is 2.01. The zero-order chi connectivity index (χ0) is 12.3. The van der Waals surface area contributed by atoms with Crippen LogP contribution < -0.4 is 5.32 Å². The summed E-state index contributed by atoms with van der Waals surface area (Å²) in [7, 11) is 0. The summed E-state index contributed by atoms with van der Waals surface area (Å²) in [5, 5.41) is 12.0. The molecule has 5 heteroatoms. The molecule has 90 valence electrons. The van der Waals surface area contributed by atoms with Crippen molar-refractivity contribution in [2.24, 2.45) is 5.41 Å². The molecule has 0 saturated heterocycles. The quantitative estimate of drug-likeness (QED) is 0.828. The lowest BCUT2D eigenvalue weighted by Crippen LogP contribution is -2.46. The SMILES string of the molecule is CCC(NC(=O)C1(C#N)CCC1)c1ncc[nH]1. The van der Waals surface area contributed by atoms with Crippen molar-refractivity contribution in [2.75, 3.05) is 0 Å². The number of aromatic nitrogens is 2. The van der Waals surface area contributed by atoms with Crippen molar-refractivity contribution in [1.82, 2.24) is 15.3 Å². The number of aromatic amines is 1. The lowest BCUT2D eigenvalue weighted by atomic mass is 9.69. The van der Waals surface area contributed by atoms with Crippen LogP contribution in [-0.4, -0.2) is 15.9 Å². The van der Waals surface area contributed by atoms with Gasteiger partial charge in [-0.05, 0) is 25.7 Å². The first-order valence-electron chi connectivity index (χ1n) is 5.93. The van der Waals surface area contributed by atoms with Gasteiger partial charge in [-0.25, -0.2) is 4.98 Å². The van der Waals surface area contributed by atoms with Gasteiger partial charge in [0.05, 0.1) is 12.1 Å². The number of nitrogens with zero attached hydrogens (tertiary/aromatic N) is 2. The van der Waals surface area contributed by atoms with E-state index in [0.717, 1.165) is 18.7 Å². The average molecular weight is 232 g/mol. The van der Waals surface area contributed by atoms with E-state index in [-0.39, 0.29) is 11.9 Å². The fourth-order valence-electron chi connectivity index (χ4n) is 2.05. The van der Waals surface area contributed by atoms with Crippen LogP contribution in [0.5, 0.6) is 0 Å². The van der Waals surface area contributed by atoms with E-state index in [4.69, 9.17) is 5.26 Å². The number of hydrogen-bond donors (Lipinski definition) is 2. The standard InChI is InChI=1S/C12H16N4O/c1-2-9(10-14-6-7-15-10)16-11(17)12(8-13)4-3-5-12/h6-7,9H,2-5H2,1H3,(H,14,15)(H,16,17). The Labute approximate surface area is 100 Å². The first kappa shape index (κ1) is 11.6. The Bertz CT molecular complexity index is 428. The molecule has 0 aliphatic heterocycles. The number of nitrogens with one attached hydrogen (secondary N) is 2. The molecule has 1 heterocycles. The fourth-order valence-corrected chi connectivity index (χ4v) is 2.05. The van der Waals surface area contributed by atoms with E-state index in [0.29, 0.717) is 12.8 Å². The van der Waals surface area contributed by atoms with Crippen LogP contribution in [0.25, 0.3) is 0 Å². The molecule has 1 amide bonds. The van der Waals surface area contributed by atoms with E-state index in [2.05, 4.69) is 21.4 Å². The summed E-state index contributed by atoms with van der Waals surface area (Å²) in [6.45, 7) is 1.98. The average Bonchev–Trinajstić information content (AvgIpc) is 2.78. The van der Waals surface area contributed by atoms with Crippen molar-refractivity contribution in [2.45, 2.75) is 38.6 Å². The number of carbonyl (C=O) groups excluding carboxylic acids is 1. The van der Waals surface area contributed by atoms with Crippen molar-refractivity contribution >= 4 is 5.91 Å². The molecule has 2 N–H and O–H groups in total. The van der Waals surface area contributed by atoms with Crippen molar-refractivity contribution in [1.29, 1.82) is 5.26 Å². The minimum absolute atomic E-state index is 0.136. The number of nitriles is 1. The van der Waals surface area contributed by atoms with Gasteiger partial charge in [0, 0.05) is 12.4 Å². The highest BCUT2D eigenvalue weighted by atomic mass is 16.2. The zero-order valence-electron chi connectivity index (χ0n) is 9.86. The number of amides is 1. The third kappa shape index (κ3) is 2.03. The van der Waals surface area contributed by atoms with E-state index in [1.165, 1.54) is 0 Å². The van der Waals surface area contributed by atoms with Gasteiger partial charge >= 0.3 is 0 Å². The summed E-state index contributed by atoms with van der Waals surface area (Å²) in [5.41, 5.74) is -0.792. The lowest BCUT2D eigenvalue weighted by molar-refractivity contribution is -0.132. The second-order valence-corrected chi connectivity index (χ2v) is 4.46. The highest BCUT2D eigenvalue weighted by Gasteiger charge is 2.45. The third-order valence-electron chi connectivity index (χ3n) is 3.42. The van der Waals surface area contributed by atoms with Crippen molar-refractivity contribution in [3.05, 3.63) is 18.2 Å². The number of imidazole rings is 1. The minimum Gasteiger partial charge on any atom is -0.347 e. The van der Waals surface area contributed by atoms with Gasteiger partial charge < -0.3 is 10.3 Å². The molecule has 2 rings (SSSR count). The molecular weight excluding hydrogens is 216 g/mol. The van der Waals surface area contributed by atoms with Gasteiger partial charge in [-0.1, -0.05) is 6.92 Å². The Morgan fingerprint density at radius 1 is 1.76 bits per heavy atom. The van der Waals surface area contributed by atoms with Crippen LogP contribution >= 0.6 is 0 Å². The van der Waals surface area contributed by atoms with Crippen LogP contribution in [-0.2, 0) is 4.79 Å². The van der Waals surface area contributed by atoms with E-state index in [1.54, 1.807) is 12.4 Å². The Morgan fingerprint density at radius 2 is 2.53 bits per heavy atom. The largest absolute Gasteiger partial charge is 0.347 e. The lowest BCUT2D eigenvalue weighted by Gasteiger charge is -2.34. The molecule has 1 aliphatic rings. The van der Waals surface area contributed by atoms with Gasteiger partial charge in [0.25, 0.3) is 0 Å². The fraction of sp³-hybridized carbons (Fsp3) is 0.583. The molecule has 1 unspecified atom stereocenters. The van der Waals surface area contributed by atoms with Gasteiger partial charge in [0.2, 0.25) is 5.91 Å². The van der Waals surface area contributed by atoms with Gasteiger partial charge in [-0.15, -0.1) is 0 Å². The molecular formula is C12H16N4O. The number of hydrogen-bond acceptors (Lipinski definition) is 3. The summed E-state index contributed by atoms with van der Waals surface area (Å²) in [5.74, 6) is 0.586. The molecule has 1 aromatic heterocycles. The van der Waals surface area contributed by atoms with Crippen molar-refractivity contribution < 1.29 is 4.79 Å². The van der Waals surface area contributed by atoms with E-state index >= 15 is 0 Å². The van der Waals surface area contributed by atoms with Gasteiger partial charge in [0.1, 0.15) is 11.2 Å². The molecule has 1 aromatic rings. The summed E-state index contributed by atoms with van der Waals surface area (Å²) in [6.07, 6.45) is 6.44. The predicted molar refractivity (Wildman–Crippen MR) is 61.7 cm³/mol. The summed E-state index contributed by atoms with van der Waals surface area (Å²) in [4.78, 5) is 19.2. The second-order valence-electron chi connectivity index (χ2n) is 4.46. The molecule has 0 bridgehead atoms. The Balaban J connectivity index is 2.05. The van der Waals surface area contributed by atoms with Crippen molar-refractivity contribution in [3.8, 4) is 6.07 Å². The highest BCUT2D eigenvalue weighted by molar-refractivity contribution is 5.86. The Hall–Kier alpha value is -1.83. The minimum atomic E-state index is -0.792. The molecule has 0 radical (unpaired) electrons. The highest BCUT2D eigenvalue weighted by Crippen LogP contribution is 2.40. The molecule has 0 aromatic carbocycles. The molecule has 17 heavy (non-hydrogen) atoms. The van der Waals surface area contributed by atoms with Crippen LogP contribution in [0.1, 0.15) is 44.5 Å². The van der Waals surface area contributed by atoms with Crippen LogP contribution in [0.15, 0.2) is 12.4 Å². The first-order valence-corrected chi connectivity index (χ1v) is 5.93. The maximum Gasteiger partial charge on any atom is 0.241 e. The second kappa shape index (κ2) is 4.58. The molecule has 1 atom stereocenters. The van der Waals surface area contributed by atoms with Crippen LogP contribution in [0.3, 0.4) is 0 Å². The molecule has 0 spiro atoms. The maximum atomic E-state index is 12.1. The van der Waals surface area contributed by atoms with Gasteiger partial charge in [-0.2, -0.15) is 5.26 Å². The number of H-pyrrole nitrogens is 1. The first-order chi connectivity index (χ1) is 8.22. The Morgan fingerprint density at radius 3 is 2.94 bits per heavy atom. The van der Waals surface area contributed by atoms with E-state index in [1.807, 2.05) is 6.92 Å². The monoisotopic (exact) mass is 232 g/mol.